The van der Waals surface area contributed by atoms with Gasteiger partial charge in [0.25, 0.3) is 5.91 Å². The van der Waals surface area contributed by atoms with Gasteiger partial charge in [0.2, 0.25) is 0 Å². The number of nitrogens with zero attached hydrogens (tertiary/aromatic N) is 2. The lowest BCUT2D eigenvalue weighted by Crippen LogP contribution is -2.48. The molecule has 0 saturated carbocycles. The van der Waals surface area contributed by atoms with E-state index in [0.29, 0.717) is 16.6 Å². The summed E-state index contributed by atoms with van der Waals surface area (Å²) < 4.78 is 0. The second kappa shape index (κ2) is 7.04. The fourth-order valence-electron chi connectivity index (χ4n) is 2.55. The first-order valence-electron chi connectivity index (χ1n) is 7.23. The maximum atomic E-state index is 12.7. The molecule has 1 atom stereocenters. The van der Waals surface area contributed by atoms with E-state index in [4.69, 9.17) is 11.6 Å². The van der Waals surface area contributed by atoms with Crippen LogP contribution in [0.3, 0.4) is 0 Å². The predicted molar refractivity (Wildman–Crippen MR) is 81.1 cm³/mol. The highest BCUT2D eigenvalue weighted by Crippen LogP contribution is 2.18. The predicted octanol–water partition coefficient (Wildman–Crippen LogP) is 2.73. The van der Waals surface area contributed by atoms with Gasteiger partial charge in [-0.2, -0.15) is 0 Å². The van der Waals surface area contributed by atoms with Crippen molar-refractivity contribution in [1.29, 1.82) is 0 Å². The van der Waals surface area contributed by atoms with Crippen LogP contribution in [0, 0.1) is 0 Å². The first kappa shape index (κ1) is 15.3. The molecular formula is C15H22ClN3O. The number of piperidine rings is 1. The molecule has 1 aliphatic rings. The maximum absolute atomic E-state index is 12.7. The van der Waals surface area contributed by atoms with Gasteiger partial charge in [-0.05, 0) is 39.3 Å². The van der Waals surface area contributed by atoms with E-state index in [0.717, 1.165) is 19.5 Å². The average Bonchev–Trinajstić information content (AvgIpc) is 2.45. The minimum Gasteiger partial charge on any atom is -0.335 e. The van der Waals surface area contributed by atoms with Crippen molar-refractivity contribution in [3.8, 4) is 0 Å². The molecule has 0 spiro atoms. The summed E-state index contributed by atoms with van der Waals surface area (Å²) in [6.45, 7) is 5.85. The molecule has 4 nitrogen and oxygen atoms in total. The van der Waals surface area contributed by atoms with Gasteiger partial charge in [-0.1, -0.05) is 18.0 Å². The van der Waals surface area contributed by atoms with Crippen molar-refractivity contribution in [3.05, 3.63) is 29.0 Å². The highest BCUT2D eigenvalue weighted by molar-refractivity contribution is 6.33. The SMILES string of the molecule is CC(C)N(CC1CCCCN1)C(=O)c1ccncc1Cl. The zero-order valence-corrected chi connectivity index (χ0v) is 12.9. The third-order valence-electron chi connectivity index (χ3n) is 3.72. The lowest BCUT2D eigenvalue weighted by molar-refractivity contribution is 0.0677. The highest BCUT2D eigenvalue weighted by Gasteiger charge is 2.24. The van der Waals surface area contributed by atoms with Gasteiger partial charge in [0, 0.05) is 31.0 Å². The summed E-state index contributed by atoms with van der Waals surface area (Å²) in [4.78, 5) is 18.5. The summed E-state index contributed by atoms with van der Waals surface area (Å²) in [5.74, 6) is -0.0141. The van der Waals surface area contributed by atoms with E-state index in [1.807, 2.05) is 18.7 Å². The number of carbonyl (C=O) groups excluding carboxylic acids is 1. The van der Waals surface area contributed by atoms with Gasteiger partial charge >= 0.3 is 0 Å². The molecule has 110 valence electrons. The highest BCUT2D eigenvalue weighted by atomic mass is 35.5. The lowest BCUT2D eigenvalue weighted by atomic mass is 10.0. The molecule has 1 saturated heterocycles. The van der Waals surface area contributed by atoms with Crippen molar-refractivity contribution in [3.63, 3.8) is 0 Å². The Hall–Kier alpha value is -1.13. The Morgan fingerprint density at radius 2 is 2.35 bits per heavy atom. The molecule has 1 aromatic rings. The summed E-state index contributed by atoms with van der Waals surface area (Å²) in [6, 6.07) is 2.22. The van der Waals surface area contributed by atoms with E-state index in [2.05, 4.69) is 10.3 Å². The molecule has 1 N–H and O–H groups in total. The van der Waals surface area contributed by atoms with Crippen LogP contribution in [0.5, 0.6) is 0 Å². The van der Waals surface area contributed by atoms with Gasteiger partial charge in [0.05, 0.1) is 10.6 Å². The van der Waals surface area contributed by atoms with Crippen LogP contribution >= 0.6 is 11.6 Å². The normalized spacial score (nSPS) is 19.1. The van der Waals surface area contributed by atoms with Crippen LogP contribution < -0.4 is 5.32 Å². The number of aromatic nitrogens is 1. The summed E-state index contributed by atoms with van der Waals surface area (Å²) >= 11 is 6.08. The summed E-state index contributed by atoms with van der Waals surface area (Å²) in [7, 11) is 0. The van der Waals surface area contributed by atoms with Crippen molar-refractivity contribution in [2.75, 3.05) is 13.1 Å². The lowest BCUT2D eigenvalue weighted by Gasteiger charge is -2.33. The van der Waals surface area contributed by atoms with Crippen LogP contribution in [-0.4, -0.2) is 41.0 Å². The quantitative estimate of drug-likeness (QED) is 0.929. The van der Waals surface area contributed by atoms with Gasteiger partial charge < -0.3 is 10.2 Å². The second-order valence-corrected chi connectivity index (χ2v) is 5.96. The van der Waals surface area contributed by atoms with Crippen molar-refractivity contribution in [2.24, 2.45) is 0 Å². The molecular weight excluding hydrogens is 274 g/mol. The second-order valence-electron chi connectivity index (χ2n) is 5.55. The monoisotopic (exact) mass is 295 g/mol. The van der Waals surface area contributed by atoms with Crippen LogP contribution in [0.2, 0.25) is 5.02 Å². The van der Waals surface area contributed by atoms with Crippen LogP contribution in [0.15, 0.2) is 18.5 Å². The van der Waals surface area contributed by atoms with Crippen LogP contribution in [-0.2, 0) is 0 Å². The topological polar surface area (TPSA) is 45.2 Å². The number of carbonyl (C=O) groups is 1. The molecule has 20 heavy (non-hydrogen) atoms. The summed E-state index contributed by atoms with van der Waals surface area (Å²) in [6.07, 6.45) is 6.71. The number of pyridine rings is 1. The average molecular weight is 296 g/mol. The molecule has 1 unspecified atom stereocenters. The Labute approximate surface area is 125 Å². The van der Waals surface area contributed by atoms with Crippen LogP contribution in [0.1, 0.15) is 43.5 Å². The van der Waals surface area contributed by atoms with Crippen LogP contribution in [0.4, 0.5) is 0 Å². The fraction of sp³-hybridized carbons (Fsp3) is 0.600. The third-order valence-corrected chi connectivity index (χ3v) is 4.02. The molecule has 0 bridgehead atoms. The first-order chi connectivity index (χ1) is 9.59. The number of halogens is 1. The molecule has 1 aliphatic heterocycles. The Morgan fingerprint density at radius 1 is 1.55 bits per heavy atom. The van der Waals surface area contributed by atoms with Crippen LogP contribution in [0.25, 0.3) is 0 Å². The zero-order valence-electron chi connectivity index (χ0n) is 12.1. The Balaban J connectivity index is 2.11. The van der Waals surface area contributed by atoms with Gasteiger partial charge in [0.15, 0.2) is 0 Å². The van der Waals surface area contributed by atoms with E-state index in [-0.39, 0.29) is 11.9 Å². The molecule has 0 aliphatic carbocycles. The Bertz CT molecular complexity index is 458. The van der Waals surface area contributed by atoms with E-state index in [1.165, 1.54) is 19.0 Å². The van der Waals surface area contributed by atoms with E-state index in [1.54, 1.807) is 12.3 Å². The summed E-state index contributed by atoms with van der Waals surface area (Å²) in [5, 5.41) is 3.90. The van der Waals surface area contributed by atoms with E-state index < -0.39 is 0 Å². The molecule has 2 heterocycles. The van der Waals surface area contributed by atoms with Gasteiger partial charge in [-0.25, -0.2) is 0 Å². The molecule has 0 aromatic carbocycles. The number of hydrogen-bond donors (Lipinski definition) is 1. The number of amides is 1. The van der Waals surface area contributed by atoms with E-state index in [9.17, 15) is 4.79 Å². The molecule has 1 aromatic heterocycles. The molecule has 2 rings (SSSR count). The standard InChI is InChI=1S/C15H22ClN3O/c1-11(2)19(10-12-5-3-4-7-18-12)15(20)13-6-8-17-9-14(13)16/h6,8-9,11-12,18H,3-5,7,10H2,1-2H3. The number of hydrogen-bond acceptors (Lipinski definition) is 3. The molecule has 1 amide bonds. The fourth-order valence-corrected chi connectivity index (χ4v) is 2.75. The van der Waals surface area contributed by atoms with Gasteiger partial charge in [-0.15, -0.1) is 0 Å². The minimum atomic E-state index is -0.0141. The summed E-state index contributed by atoms with van der Waals surface area (Å²) in [5.41, 5.74) is 0.533. The van der Waals surface area contributed by atoms with E-state index >= 15 is 0 Å². The minimum absolute atomic E-state index is 0.0141. The Morgan fingerprint density at radius 3 is 2.95 bits per heavy atom. The zero-order chi connectivity index (χ0) is 14.5. The Kier molecular flexibility index (Phi) is 5.38. The molecule has 0 radical (unpaired) electrons. The number of rotatable bonds is 4. The molecule has 5 heteroatoms. The first-order valence-corrected chi connectivity index (χ1v) is 7.61. The number of nitrogens with one attached hydrogen (secondary N) is 1. The maximum Gasteiger partial charge on any atom is 0.255 e. The van der Waals surface area contributed by atoms with Crippen molar-refractivity contribution in [1.82, 2.24) is 15.2 Å². The third kappa shape index (κ3) is 3.70. The van der Waals surface area contributed by atoms with Crippen molar-refractivity contribution < 1.29 is 4.79 Å². The largest absolute Gasteiger partial charge is 0.335 e. The van der Waals surface area contributed by atoms with Gasteiger partial charge in [0.1, 0.15) is 0 Å². The van der Waals surface area contributed by atoms with Gasteiger partial charge in [-0.3, -0.25) is 9.78 Å². The molecule has 1 fully saturated rings. The van der Waals surface area contributed by atoms with Crippen molar-refractivity contribution >= 4 is 17.5 Å². The van der Waals surface area contributed by atoms with Crippen molar-refractivity contribution in [2.45, 2.75) is 45.2 Å². The smallest absolute Gasteiger partial charge is 0.255 e.